The smallest absolute Gasteiger partial charge is 0.275 e. The van der Waals surface area contributed by atoms with Crippen LogP contribution in [0.2, 0.25) is 0 Å². The van der Waals surface area contributed by atoms with Crippen molar-refractivity contribution in [2.75, 3.05) is 5.32 Å². The largest absolute Gasteiger partial charge is 0.506 e. The molecule has 0 radical (unpaired) electrons. The first kappa shape index (κ1) is 15.1. The molecule has 0 spiro atoms. The number of rotatable bonds is 3. The number of amides is 1. The lowest BCUT2D eigenvalue weighted by Gasteiger charge is -2.06. The van der Waals surface area contributed by atoms with Gasteiger partial charge in [-0.1, -0.05) is 18.2 Å². The second-order valence-corrected chi connectivity index (χ2v) is 5.46. The summed E-state index contributed by atoms with van der Waals surface area (Å²) in [5.41, 5.74) is -0.0286. The molecule has 3 aromatic rings. The van der Waals surface area contributed by atoms with Gasteiger partial charge in [0.15, 0.2) is 5.82 Å². The van der Waals surface area contributed by atoms with Gasteiger partial charge in [-0.3, -0.25) is 4.79 Å². The van der Waals surface area contributed by atoms with Crippen LogP contribution in [0.1, 0.15) is 10.5 Å². The fourth-order valence-electron chi connectivity index (χ4n) is 1.95. The van der Waals surface area contributed by atoms with Crippen molar-refractivity contribution < 1.29 is 18.7 Å². The Hall–Kier alpha value is -2.80. The zero-order chi connectivity index (χ0) is 16.4. The number of carbonyl (C=O) groups is 1. The second-order valence-electron chi connectivity index (χ2n) is 4.61. The molecule has 3 rings (SSSR count). The SMILES string of the molecule is O=C(Nc1c(O)cccc1F)c1csc(-c2ccccc2F)n1. The molecule has 0 bridgehead atoms. The monoisotopic (exact) mass is 332 g/mol. The molecule has 0 saturated heterocycles. The van der Waals surface area contributed by atoms with Crippen molar-refractivity contribution in [2.24, 2.45) is 0 Å². The Kier molecular flexibility index (Phi) is 4.03. The Bertz CT molecular complexity index is 860. The lowest BCUT2D eigenvalue weighted by atomic mass is 10.2. The van der Waals surface area contributed by atoms with Crippen LogP contribution in [0, 0.1) is 11.6 Å². The van der Waals surface area contributed by atoms with Crippen LogP contribution in [-0.4, -0.2) is 16.0 Å². The molecule has 0 aliphatic heterocycles. The number of thiazole rings is 1. The first-order chi connectivity index (χ1) is 11.1. The molecule has 1 amide bonds. The minimum Gasteiger partial charge on any atom is -0.506 e. The van der Waals surface area contributed by atoms with Crippen LogP contribution >= 0.6 is 11.3 Å². The van der Waals surface area contributed by atoms with Gasteiger partial charge in [-0.2, -0.15) is 0 Å². The minimum atomic E-state index is -0.761. The number of aromatic hydroxyl groups is 1. The van der Waals surface area contributed by atoms with E-state index in [1.807, 2.05) is 0 Å². The molecule has 2 N–H and O–H groups in total. The molecule has 4 nitrogen and oxygen atoms in total. The number of carbonyl (C=O) groups excluding carboxylic acids is 1. The lowest BCUT2D eigenvalue weighted by Crippen LogP contribution is -2.13. The Labute approximate surface area is 134 Å². The Morgan fingerprint density at radius 3 is 2.57 bits per heavy atom. The predicted molar refractivity (Wildman–Crippen MR) is 83.5 cm³/mol. The van der Waals surface area contributed by atoms with E-state index in [1.54, 1.807) is 18.2 Å². The molecule has 1 heterocycles. The van der Waals surface area contributed by atoms with Crippen LogP contribution in [-0.2, 0) is 0 Å². The molecular formula is C16H10F2N2O2S. The molecule has 0 fully saturated rings. The summed E-state index contributed by atoms with van der Waals surface area (Å²) in [4.78, 5) is 16.2. The number of hydrogen-bond donors (Lipinski definition) is 2. The average molecular weight is 332 g/mol. The number of nitrogens with zero attached hydrogens (tertiary/aromatic N) is 1. The van der Waals surface area contributed by atoms with E-state index in [1.165, 1.54) is 23.6 Å². The maximum absolute atomic E-state index is 13.7. The van der Waals surface area contributed by atoms with Gasteiger partial charge in [0.1, 0.15) is 28.0 Å². The third kappa shape index (κ3) is 3.04. The fraction of sp³-hybridized carbons (Fsp3) is 0. The highest BCUT2D eigenvalue weighted by Crippen LogP contribution is 2.28. The van der Waals surface area contributed by atoms with Crippen molar-refractivity contribution >= 4 is 22.9 Å². The average Bonchev–Trinajstić information content (AvgIpc) is 3.01. The summed E-state index contributed by atoms with van der Waals surface area (Å²) in [7, 11) is 0. The standard InChI is InChI=1S/C16H10F2N2O2S/c17-10-5-2-1-4-9(10)16-19-12(8-23-16)15(22)20-14-11(18)6-3-7-13(14)21/h1-8,21H,(H,20,22). The van der Waals surface area contributed by atoms with Gasteiger partial charge in [0.2, 0.25) is 0 Å². The number of para-hydroxylation sites is 1. The summed E-state index contributed by atoms with van der Waals surface area (Å²) in [5.74, 6) is -2.28. The van der Waals surface area contributed by atoms with Gasteiger partial charge in [0.05, 0.1) is 0 Å². The van der Waals surface area contributed by atoms with Crippen molar-refractivity contribution in [3.8, 4) is 16.3 Å². The van der Waals surface area contributed by atoms with Crippen molar-refractivity contribution in [3.63, 3.8) is 0 Å². The molecule has 0 aliphatic carbocycles. The maximum Gasteiger partial charge on any atom is 0.275 e. The van der Waals surface area contributed by atoms with Crippen LogP contribution in [0.15, 0.2) is 47.8 Å². The quantitative estimate of drug-likeness (QED) is 0.711. The van der Waals surface area contributed by atoms with Crippen LogP contribution in [0.4, 0.5) is 14.5 Å². The molecule has 0 atom stereocenters. The number of halogens is 2. The van der Waals surface area contributed by atoms with E-state index in [0.29, 0.717) is 5.01 Å². The molecule has 7 heteroatoms. The molecule has 0 aliphatic rings. The summed E-state index contributed by atoms with van der Waals surface area (Å²) in [6.45, 7) is 0. The molecule has 0 unspecified atom stereocenters. The van der Waals surface area contributed by atoms with Gasteiger partial charge in [-0.25, -0.2) is 13.8 Å². The van der Waals surface area contributed by atoms with E-state index in [0.717, 1.165) is 17.4 Å². The van der Waals surface area contributed by atoms with Gasteiger partial charge in [-0.15, -0.1) is 11.3 Å². The molecular weight excluding hydrogens is 322 g/mol. The first-order valence-corrected chi connectivity index (χ1v) is 7.43. The third-order valence-corrected chi connectivity index (χ3v) is 3.95. The van der Waals surface area contributed by atoms with E-state index in [4.69, 9.17) is 0 Å². The summed E-state index contributed by atoms with van der Waals surface area (Å²) in [6.07, 6.45) is 0. The van der Waals surface area contributed by atoms with Crippen molar-refractivity contribution in [2.45, 2.75) is 0 Å². The first-order valence-electron chi connectivity index (χ1n) is 6.55. The van der Waals surface area contributed by atoms with E-state index in [9.17, 15) is 18.7 Å². The number of phenols is 1. The maximum atomic E-state index is 13.7. The number of anilines is 1. The molecule has 116 valence electrons. The van der Waals surface area contributed by atoms with Crippen molar-refractivity contribution in [1.82, 2.24) is 4.98 Å². The van der Waals surface area contributed by atoms with E-state index in [-0.39, 0.29) is 22.7 Å². The van der Waals surface area contributed by atoms with Crippen molar-refractivity contribution in [1.29, 1.82) is 0 Å². The highest BCUT2D eigenvalue weighted by atomic mass is 32.1. The topological polar surface area (TPSA) is 62.2 Å². The molecule has 23 heavy (non-hydrogen) atoms. The molecule has 1 aromatic heterocycles. The van der Waals surface area contributed by atoms with Crippen LogP contribution in [0.25, 0.3) is 10.6 Å². The molecule has 0 saturated carbocycles. The highest BCUT2D eigenvalue weighted by molar-refractivity contribution is 7.13. The number of nitrogens with one attached hydrogen (secondary N) is 1. The number of hydrogen-bond acceptors (Lipinski definition) is 4. The predicted octanol–water partition coefficient (Wildman–Crippen LogP) is 4.05. The summed E-state index contributed by atoms with van der Waals surface area (Å²) in [6, 6.07) is 9.76. The summed E-state index contributed by atoms with van der Waals surface area (Å²) >= 11 is 1.10. The fourth-order valence-corrected chi connectivity index (χ4v) is 2.78. The summed E-state index contributed by atoms with van der Waals surface area (Å²) < 4.78 is 27.3. The zero-order valence-electron chi connectivity index (χ0n) is 11.6. The van der Waals surface area contributed by atoms with Gasteiger partial charge >= 0.3 is 0 Å². The van der Waals surface area contributed by atoms with Gasteiger partial charge in [0, 0.05) is 10.9 Å². The van der Waals surface area contributed by atoms with E-state index < -0.39 is 17.5 Å². The van der Waals surface area contributed by atoms with Crippen LogP contribution in [0.5, 0.6) is 5.75 Å². The van der Waals surface area contributed by atoms with Crippen LogP contribution < -0.4 is 5.32 Å². The van der Waals surface area contributed by atoms with Gasteiger partial charge in [-0.05, 0) is 24.3 Å². The zero-order valence-corrected chi connectivity index (χ0v) is 12.4. The number of phenolic OH excluding ortho intramolecular Hbond substituents is 1. The highest BCUT2D eigenvalue weighted by Gasteiger charge is 2.17. The second kappa shape index (κ2) is 6.13. The lowest BCUT2D eigenvalue weighted by molar-refractivity contribution is 0.102. The Morgan fingerprint density at radius 2 is 1.83 bits per heavy atom. The Balaban J connectivity index is 1.86. The van der Waals surface area contributed by atoms with Crippen LogP contribution in [0.3, 0.4) is 0 Å². The molecule has 2 aromatic carbocycles. The van der Waals surface area contributed by atoms with Gasteiger partial charge < -0.3 is 10.4 Å². The number of benzene rings is 2. The van der Waals surface area contributed by atoms with E-state index in [2.05, 4.69) is 10.3 Å². The van der Waals surface area contributed by atoms with Gasteiger partial charge in [0.25, 0.3) is 5.91 Å². The third-order valence-electron chi connectivity index (χ3n) is 3.07. The Morgan fingerprint density at radius 1 is 1.09 bits per heavy atom. The van der Waals surface area contributed by atoms with Crippen molar-refractivity contribution in [3.05, 3.63) is 65.2 Å². The minimum absolute atomic E-state index is 0.0101. The number of aromatic nitrogens is 1. The normalized spacial score (nSPS) is 10.5. The summed E-state index contributed by atoms with van der Waals surface area (Å²) in [5, 5.41) is 13.6. The van der Waals surface area contributed by atoms with E-state index >= 15 is 0 Å².